The van der Waals surface area contributed by atoms with Gasteiger partial charge in [0.15, 0.2) is 0 Å². The summed E-state index contributed by atoms with van der Waals surface area (Å²) in [7, 11) is 0. The maximum atomic E-state index is 12.3. The number of hydrogen-bond acceptors (Lipinski definition) is 3. The summed E-state index contributed by atoms with van der Waals surface area (Å²) < 4.78 is 5.42. The summed E-state index contributed by atoms with van der Waals surface area (Å²) in [5.74, 6) is 0.620. The Morgan fingerprint density at radius 1 is 1.05 bits per heavy atom. The van der Waals surface area contributed by atoms with Crippen LogP contribution >= 0.6 is 0 Å². The Bertz CT molecular complexity index is 743. The van der Waals surface area contributed by atoms with Crippen molar-refractivity contribution in [3.05, 3.63) is 53.6 Å². The molecule has 2 aromatic carbocycles. The van der Waals surface area contributed by atoms with Crippen LogP contribution in [0.2, 0.25) is 0 Å². The zero-order valence-corrected chi connectivity index (χ0v) is 11.8. The predicted octanol–water partition coefficient (Wildman–Crippen LogP) is 2.36. The summed E-state index contributed by atoms with van der Waals surface area (Å²) in [6.45, 7) is 0.654. The number of nitrogens with one attached hydrogen (secondary N) is 2. The summed E-state index contributed by atoms with van der Waals surface area (Å²) in [5.41, 5.74) is 7.77. The molecule has 2 aromatic rings. The van der Waals surface area contributed by atoms with Gasteiger partial charge in [-0.3, -0.25) is 4.79 Å². The van der Waals surface area contributed by atoms with Gasteiger partial charge in [-0.25, -0.2) is 4.79 Å². The van der Waals surface area contributed by atoms with Crippen molar-refractivity contribution < 1.29 is 14.3 Å². The van der Waals surface area contributed by atoms with Crippen LogP contribution in [0.1, 0.15) is 15.9 Å². The molecule has 0 aliphatic carbocycles. The van der Waals surface area contributed by atoms with Gasteiger partial charge in [0.1, 0.15) is 5.75 Å². The molecular weight excluding hydrogens is 282 g/mol. The third-order valence-electron chi connectivity index (χ3n) is 3.34. The number of primary amides is 1. The van der Waals surface area contributed by atoms with E-state index in [4.69, 9.17) is 10.5 Å². The van der Waals surface area contributed by atoms with Gasteiger partial charge in [0, 0.05) is 23.4 Å². The molecule has 0 spiro atoms. The van der Waals surface area contributed by atoms with Crippen molar-refractivity contribution in [1.82, 2.24) is 0 Å². The number of carbonyl (C=O) groups is 2. The standard InChI is InChI=1S/C16H15N3O3/c17-16(21)19-13-3-1-2-12(9-13)18-15(20)11-4-5-14-10(8-11)6-7-22-14/h1-5,8-9H,6-7H2,(H,18,20)(H3,17,19,21). The fraction of sp³-hybridized carbons (Fsp3) is 0.125. The third-order valence-corrected chi connectivity index (χ3v) is 3.34. The van der Waals surface area contributed by atoms with Crippen molar-refractivity contribution in [3.63, 3.8) is 0 Å². The fourth-order valence-electron chi connectivity index (χ4n) is 2.35. The first-order chi connectivity index (χ1) is 10.6. The minimum absolute atomic E-state index is 0.217. The van der Waals surface area contributed by atoms with Crippen molar-refractivity contribution in [2.75, 3.05) is 17.2 Å². The second kappa shape index (κ2) is 5.77. The first-order valence-electron chi connectivity index (χ1n) is 6.85. The third kappa shape index (κ3) is 3.01. The van der Waals surface area contributed by atoms with Gasteiger partial charge in [0.2, 0.25) is 0 Å². The van der Waals surface area contributed by atoms with E-state index in [1.807, 2.05) is 12.1 Å². The highest BCUT2D eigenvalue weighted by Gasteiger charge is 2.15. The monoisotopic (exact) mass is 297 g/mol. The molecule has 3 amide bonds. The van der Waals surface area contributed by atoms with E-state index >= 15 is 0 Å². The lowest BCUT2D eigenvalue weighted by Gasteiger charge is -2.08. The summed E-state index contributed by atoms with van der Waals surface area (Å²) in [4.78, 5) is 23.1. The van der Waals surface area contributed by atoms with E-state index in [1.165, 1.54) is 0 Å². The van der Waals surface area contributed by atoms with Crippen molar-refractivity contribution >= 4 is 23.3 Å². The Balaban J connectivity index is 1.75. The molecule has 3 rings (SSSR count). The average Bonchev–Trinajstić information content (AvgIpc) is 2.94. The Kier molecular flexibility index (Phi) is 3.65. The van der Waals surface area contributed by atoms with E-state index in [0.717, 1.165) is 17.7 Å². The van der Waals surface area contributed by atoms with E-state index in [9.17, 15) is 9.59 Å². The lowest BCUT2D eigenvalue weighted by atomic mass is 10.1. The van der Waals surface area contributed by atoms with Crippen LogP contribution in [0.5, 0.6) is 5.75 Å². The Labute approximate surface area is 127 Å². The number of ether oxygens (including phenoxy) is 1. The molecule has 0 saturated heterocycles. The zero-order valence-electron chi connectivity index (χ0n) is 11.8. The van der Waals surface area contributed by atoms with Crippen molar-refractivity contribution in [3.8, 4) is 5.75 Å². The molecule has 1 aliphatic heterocycles. The first-order valence-corrected chi connectivity index (χ1v) is 6.85. The molecule has 22 heavy (non-hydrogen) atoms. The molecule has 1 aliphatic rings. The predicted molar refractivity (Wildman–Crippen MR) is 83.2 cm³/mol. The Hall–Kier alpha value is -3.02. The average molecular weight is 297 g/mol. The van der Waals surface area contributed by atoms with E-state index in [2.05, 4.69) is 10.6 Å². The number of fused-ring (bicyclic) bond motifs is 1. The highest BCUT2D eigenvalue weighted by Crippen LogP contribution is 2.26. The molecule has 0 fully saturated rings. The van der Waals surface area contributed by atoms with Gasteiger partial charge in [-0.15, -0.1) is 0 Å². The van der Waals surface area contributed by atoms with Crippen LogP contribution in [0.4, 0.5) is 16.2 Å². The SMILES string of the molecule is NC(=O)Nc1cccc(NC(=O)c2ccc3c(c2)CCO3)c1. The number of amides is 3. The molecule has 6 heteroatoms. The van der Waals surface area contributed by atoms with Gasteiger partial charge in [0.05, 0.1) is 6.61 Å². The number of rotatable bonds is 3. The number of urea groups is 1. The topological polar surface area (TPSA) is 93.5 Å². The maximum Gasteiger partial charge on any atom is 0.316 e. The Morgan fingerprint density at radius 3 is 2.59 bits per heavy atom. The lowest BCUT2D eigenvalue weighted by molar-refractivity contribution is 0.102. The van der Waals surface area contributed by atoms with Crippen LogP contribution < -0.4 is 21.1 Å². The smallest absolute Gasteiger partial charge is 0.316 e. The molecule has 6 nitrogen and oxygen atoms in total. The molecule has 0 radical (unpaired) electrons. The number of anilines is 2. The number of benzene rings is 2. The van der Waals surface area contributed by atoms with Gasteiger partial charge in [-0.05, 0) is 42.0 Å². The normalized spacial score (nSPS) is 12.2. The highest BCUT2D eigenvalue weighted by atomic mass is 16.5. The quantitative estimate of drug-likeness (QED) is 0.811. The number of carbonyl (C=O) groups excluding carboxylic acids is 2. The largest absolute Gasteiger partial charge is 0.493 e. The van der Waals surface area contributed by atoms with Crippen LogP contribution in [-0.2, 0) is 6.42 Å². The van der Waals surface area contributed by atoms with Crippen molar-refractivity contribution in [2.24, 2.45) is 5.73 Å². The van der Waals surface area contributed by atoms with E-state index in [0.29, 0.717) is 23.5 Å². The highest BCUT2D eigenvalue weighted by molar-refractivity contribution is 6.05. The molecule has 1 heterocycles. The summed E-state index contributed by atoms with van der Waals surface area (Å²) in [6, 6.07) is 11.5. The lowest BCUT2D eigenvalue weighted by Crippen LogP contribution is -2.19. The van der Waals surface area contributed by atoms with Gasteiger partial charge < -0.3 is 21.1 Å². The molecule has 0 unspecified atom stereocenters. The van der Waals surface area contributed by atoms with Crippen molar-refractivity contribution in [2.45, 2.75) is 6.42 Å². The minimum atomic E-state index is -0.651. The van der Waals surface area contributed by atoms with Crippen LogP contribution in [0, 0.1) is 0 Å². The number of hydrogen-bond donors (Lipinski definition) is 3. The minimum Gasteiger partial charge on any atom is -0.493 e. The molecular formula is C16H15N3O3. The molecule has 0 atom stereocenters. The van der Waals surface area contributed by atoms with Gasteiger partial charge >= 0.3 is 6.03 Å². The molecule has 0 bridgehead atoms. The van der Waals surface area contributed by atoms with E-state index < -0.39 is 6.03 Å². The van der Waals surface area contributed by atoms with Gasteiger partial charge in [-0.2, -0.15) is 0 Å². The molecule has 0 aromatic heterocycles. The van der Waals surface area contributed by atoms with Crippen LogP contribution in [0.25, 0.3) is 0 Å². The summed E-state index contributed by atoms with van der Waals surface area (Å²) >= 11 is 0. The second-order valence-corrected chi connectivity index (χ2v) is 4.95. The number of nitrogens with two attached hydrogens (primary N) is 1. The molecule has 4 N–H and O–H groups in total. The second-order valence-electron chi connectivity index (χ2n) is 4.95. The van der Waals surface area contributed by atoms with Gasteiger partial charge in [0.25, 0.3) is 5.91 Å². The molecule has 0 saturated carbocycles. The molecule has 112 valence electrons. The van der Waals surface area contributed by atoms with Crippen LogP contribution in [-0.4, -0.2) is 18.5 Å². The maximum absolute atomic E-state index is 12.3. The first kappa shape index (κ1) is 13.9. The van der Waals surface area contributed by atoms with Gasteiger partial charge in [-0.1, -0.05) is 6.07 Å². The van der Waals surface area contributed by atoms with E-state index in [1.54, 1.807) is 30.3 Å². The summed E-state index contributed by atoms with van der Waals surface area (Å²) in [6.07, 6.45) is 0.814. The summed E-state index contributed by atoms with van der Waals surface area (Å²) in [5, 5.41) is 5.25. The van der Waals surface area contributed by atoms with Crippen LogP contribution in [0.3, 0.4) is 0 Å². The van der Waals surface area contributed by atoms with E-state index in [-0.39, 0.29) is 5.91 Å². The Morgan fingerprint density at radius 2 is 1.82 bits per heavy atom. The fourth-order valence-corrected chi connectivity index (χ4v) is 2.35. The zero-order chi connectivity index (χ0) is 15.5. The van der Waals surface area contributed by atoms with Crippen LogP contribution in [0.15, 0.2) is 42.5 Å². The van der Waals surface area contributed by atoms with Crippen molar-refractivity contribution in [1.29, 1.82) is 0 Å².